The van der Waals surface area contributed by atoms with Gasteiger partial charge in [-0.3, -0.25) is 19.1 Å². The fourth-order valence-electron chi connectivity index (χ4n) is 7.31. The number of ketones is 2. The quantitative estimate of drug-likeness (QED) is 0.187. The summed E-state index contributed by atoms with van der Waals surface area (Å²) in [6.07, 6.45) is 3.38. The second kappa shape index (κ2) is 14.1. The Morgan fingerprint density at radius 1 is 0.978 bits per heavy atom. The third-order valence-electron chi connectivity index (χ3n) is 9.68. The lowest BCUT2D eigenvalue weighted by atomic mass is 9.75. The van der Waals surface area contributed by atoms with Crippen molar-refractivity contribution in [1.82, 2.24) is 19.9 Å². The molecular weight excluding hydrogens is 574 g/mol. The number of benzene rings is 1. The number of anilines is 1. The van der Waals surface area contributed by atoms with E-state index < -0.39 is 41.6 Å². The molecule has 2 fully saturated rings. The van der Waals surface area contributed by atoms with E-state index in [1.165, 1.54) is 0 Å². The van der Waals surface area contributed by atoms with Crippen molar-refractivity contribution in [3.8, 4) is 11.3 Å². The number of hydrogen-bond donors (Lipinski definition) is 1. The summed E-state index contributed by atoms with van der Waals surface area (Å²) in [5.74, 6) is -2.78. The Labute approximate surface area is 266 Å². The summed E-state index contributed by atoms with van der Waals surface area (Å²) in [6, 6.07) is 6.81. The molecule has 2 N–H and O–H groups in total. The second-order valence-corrected chi connectivity index (χ2v) is 13.4. The molecule has 4 rings (SSSR count). The molecule has 0 saturated carbocycles. The van der Waals surface area contributed by atoms with Gasteiger partial charge in [-0.1, -0.05) is 52.0 Å². The monoisotopic (exact) mass is 623 g/mol. The van der Waals surface area contributed by atoms with Crippen molar-refractivity contribution in [2.45, 2.75) is 105 Å². The summed E-state index contributed by atoms with van der Waals surface area (Å²) < 4.78 is 13.8. The third-order valence-corrected chi connectivity index (χ3v) is 9.68. The first kappa shape index (κ1) is 34.1. The van der Waals surface area contributed by atoms with Crippen LogP contribution in [0.4, 0.5) is 10.5 Å². The lowest BCUT2D eigenvalue weighted by Gasteiger charge is -2.40. The highest BCUT2D eigenvalue weighted by Gasteiger charge is 2.59. The minimum absolute atomic E-state index is 0.0312. The smallest absolute Gasteiger partial charge is 0.410 e. The van der Waals surface area contributed by atoms with E-state index in [1.807, 2.05) is 65.1 Å². The predicted molar refractivity (Wildman–Crippen MR) is 170 cm³/mol. The number of carbonyl (C=O) groups excluding carboxylic acids is 4. The van der Waals surface area contributed by atoms with Gasteiger partial charge >= 0.3 is 12.1 Å². The number of nitrogen functional groups attached to an aromatic ring is 1. The van der Waals surface area contributed by atoms with Crippen LogP contribution in [0.25, 0.3) is 11.3 Å². The summed E-state index contributed by atoms with van der Waals surface area (Å²) in [5, 5.41) is 8.50. The van der Waals surface area contributed by atoms with E-state index in [0.717, 1.165) is 11.3 Å². The van der Waals surface area contributed by atoms with Crippen LogP contribution in [0.2, 0.25) is 0 Å². The number of aromatic nitrogens is 3. The number of aryl methyl sites for hydroxylation is 1. The summed E-state index contributed by atoms with van der Waals surface area (Å²) in [4.78, 5) is 55.4. The molecular formula is C34H49N5O6. The molecule has 2 aliphatic heterocycles. The standard InChI is InChI=1S/C34H49N5O6/c1-8-28-34(7)31(23(5)29(40)21(3)16-20(2)17-22(4)30(41)24(6)32(42)44-28)39(33(43)45-34)15-10-9-14-38-19-27(36-37-38)25-12-11-13-26(35)18-25/h11-13,18-24,28,31H,8-10,14-17,35H2,1-7H3/t20-,21+,22+,23-,24+,28+,31?,34+/m0/s1. The van der Waals surface area contributed by atoms with Gasteiger partial charge in [-0.05, 0) is 64.0 Å². The first-order valence-electron chi connectivity index (χ1n) is 16.3. The van der Waals surface area contributed by atoms with E-state index in [4.69, 9.17) is 15.2 Å². The Kier molecular flexibility index (Phi) is 10.7. The average Bonchev–Trinajstić information content (AvgIpc) is 3.57. The minimum Gasteiger partial charge on any atom is -0.458 e. The number of carbonyl (C=O) groups is 4. The Balaban J connectivity index is 1.54. The molecule has 11 nitrogen and oxygen atoms in total. The zero-order chi connectivity index (χ0) is 33.1. The number of Topliss-reactive ketones (excluding diaryl/α,β-unsaturated/α-hetero) is 2. The highest BCUT2D eigenvalue weighted by atomic mass is 16.6. The van der Waals surface area contributed by atoms with Gasteiger partial charge in [0.1, 0.15) is 29.3 Å². The van der Waals surface area contributed by atoms with E-state index in [1.54, 1.807) is 23.4 Å². The van der Waals surface area contributed by atoms with Crippen LogP contribution in [0.1, 0.15) is 80.6 Å². The van der Waals surface area contributed by atoms with Crippen LogP contribution in [0.3, 0.4) is 0 Å². The molecule has 11 heteroatoms. The number of nitrogens with two attached hydrogens (primary N) is 1. The molecule has 1 unspecified atom stereocenters. The second-order valence-electron chi connectivity index (χ2n) is 13.4. The number of cyclic esters (lactones) is 1. The molecule has 1 aromatic heterocycles. The van der Waals surface area contributed by atoms with Gasteiger partial charge < -0.3 is 20.1 Å². The Morgan fingerprint density at radius 3 is 2.31 bits per heavy atom. The van der Waals surface area contributed by atoms with Crippen molar-refractivity contribution in [2.24, 2.45) is 29.6 Å². The fraction of sp³-hybridized carbons (Fsp3) is 0.647. The van der Waals surface area contributed by atoms with Crippen molar-refractivity contribution in [3.63, 3.8) is 0 Å². The number of esters is 1. The van der Waals surface area contributed by atoms with E-state index in [-0.39, 0.29) is 29.3 Å². The molecule has 0 bridgehead atoms. The predicted octanol–water partition coefficient (Wildman–Crippen LogP) is 5.32. The maximum absolute atomic E-state index is 13.9. The highest BCUT2D eigenvalue weighted by molar-refractivity contribution is 5.99. The molecule has 246 valence electrons. The van der Waals surface area contributed by atoms with Crippen LogP contribution in [-0.2, 0) is 30.4 Å². The summed E-state index contributed by atoms with van der Waals surface area (Å²) in [5.41, 5.74) is 6.89. The molecule has 2 saturated heterocycles. The van der Waals surface area contributed by atoms with Crippen LogP contribution >= 0.6 is 0 Å². The number of amides is 1. The molecule has 1 amide bonds. The molecule has 2 aromatic rings. The number of hydrogen-bond acceptors (Lipinski definition) is 9. The van der Waals surface area contributed by atoms with Crippen LogP contribution in [-0.4, -0.2) is 67.8 Å². The topological polar surface area (TPSA) is 147 Å². The maximum atomic E-state index is 13.9. The number of nitrogens with zero attached hydrogens (tertiary/aromatic N) is 4. The van der Waals surface area contributed by atoms with Crippen molar-refractivity contribution in [2.75, 3.05) is 12.3 Å². The molecule has 0 aliphatic carbocycles. The number of rotatable bonds is 7. The summed E-state index contributed by atoms with van der Waals surface area (Å²) in [6.45, 7) is 13.8. The summed E-state index contributed by atoms with van der Waals surface area (Å²) >= 11 is 0. The van der Waals surface area contributed by atoms with E-state index >= 15 is 0 Å². The number of fused-ring (bicyclic) bond motifs is 1. The lowest BCUT2D eigenvalue weighted by molar-refractivity contribution is -0.171. The average molecular weight is 624 g/mol. The molecule has 2 aliphatic rings. The van der Waals surface area contributed by atoms with Gasteiger partial charge in [0.05, 0.1) is 12.2 Å². The van der Waals surface area contributed by atoms with Gasteiger partial charge in [0.15, 0.2) is 5.60 Å². The molecule has 0 radical (unpaired) electrons. The molecule has 45 heavy (non-hydrogen) atoms. The van der Waals surface area contributed by atoms with Crippen molar-refractivity contribution in [1.29, 1.82) is 0 Å². The number of ether oxygens (including phenoxy) is 2. The van der Waals surface area contributed by atoms with Gasteiger partial charge in [-0.15, -0.1) is 5.10 Å². The lowest BCUT2D eigenvalue weighted by Crippen LogP contribution is -2.57. The van der Waals surface area contributed by atoms with Gasteiger partial charge in [0, 0.05) is 42.1 Å². The largest absolute Gasteiger partial charge is 0.458 e. The SMILES string of the molecule is CC[C@H]1OC(=O)[C@H](C)C(=O)[C@H](C)C[C@@H](C)C[C@@H](C)C(=O)[C@H](C)C2N(CCCCn3cc(-c4cccc(N)c4)nn3)C(=O)O[C@@]21C. The van der Waals surface area contributed by atoms with Gasteiger partial charge in [-0.2, -0.15) is 0 Å². The molecule has 1 aromatic carbocycles. The number of unbranched alkanes of at least 4 members (excludes halogenated alkanes) is 1. The van der Waals surface area contributed by atoms with Crippen molar-refractivity contribution < 1.29 is 28.7 Å². The van der Waals surface area contributed by atoms with Crippen molar-refractivity contribution in [3.05, 3.63) is 30.5 Å². The van der Waals surface area contributed by atoms with Crippen LogP contribution in [0.15, 0.2) is 30.5 Å². The minimum atomic E-state index is -1.28. The van der Waals surface area contributed by atoms with Crippen LogP contribution in [0.5, 0.6) is 0 Å². The summed E-state index contributed by atoms with van der Waals surface area (Å²) in [7, 11) is 0. The third kappa shape index (κ3) is 7.39. The molecule has 3 heterocycles. The van der Waals surface area contributed by atoms with Gasteiger partial charge in [0.25, 0.3) is 0 Å². The van der Waals surface area contributed by atoms with Gasteiger partial charge in [-0.25, -0.2) is 4.79 Å². The Morgan fingerprint density at radius 2 is 1.64 bits per heavy atom. The zero-order valence-electron chi connectivity index (χ0n) is 27.7. The van der Waals surface area contributed by atoms with Gasteiger partial charge in [0.2, 0.25) is 0 Å². The van der Waals surface area contributed by atoms with Crippen LogP contribution in [0, 0.1) is 29.6 Å². The van der Waals surface area contributed by atoms with E-state index in [9.17, 15) is 19.2 Å². The zero-order valence-corrected chi connectivity index (χ0v) is 27.7. The Bertz CT molecular complexity index is 1390. The first-order chi connectivity index (χ1) is 21.3. The van der Waals surface area contributed by atoms with E-state index in [0.29, 0.717) is 50.9 Å². The normalized spacial score (nSPS) is 31.7. The Hall–Kier alpha value is -3.76. The molecule has 0 spiro atoms. The molecule has 8 atom stereocenters. The highest BCUT2D eigenvalue weighted by Crippen LogP contribution is 2.41. The first-order valence-corrected chi connectivity index (χ1v) is 16.3. The fourth-order valence-corrected chi connectivity index (χ4v) is 7.31. The van der Waals surface area contributed by atoms with E-state index in [2.05, 4.69) is 10.3 Å². The van der Waals surface area contributed by atoms with Crippen LogP contribution < -0.4 is 5.73 Å². The van der Waals surface area contributed by atoms with Crippen molar-refractivity contribution >= 4 is 29.3 Å². The maximum Gasteiger partial charge on any atom is 0.410 e.